The lowest BCUT2D eigenvalue weighted by molar-refractivity contribution is -0.212. The van der Waals surface area contributed by atoms with Gasteiger partial charge in [-0.15, -0.1) is 0 Å². The first-order valence-electron chi connectivity index (χ1n) is 6.94. The summed E-state index contributed by atoms with van der Waals surface area (Å²) in [4.78, 5) is 23.6. The molecule has 0 saturated carbocycles. The number of aliphatic carboxylic acids is 1. The first-order chi connectivity index (χ1) is 9.79. The molecule has 1 unspecified atom stereocenters. The summed E-state index contributed by atoms with van der Waals surface area (Å²) in [6, 6.07) is 0. The van der Waals surface area contributed by atoms with E-state index < -0.39 is 35.5 Å². The normalized spacial score (nSPS) is 44.6. The molecule has 1 spiro atoms. The van der Waals surface area contributed by atoms with E-state index in [9.17, 15) is 24.9 Å². The van der Waals surface area contributed by atoms with Gasteiger partial charge >= 0.3 is 11.9 Å². The summed E-state index contributed by atoms with van der Waals surface area (Å²) in [7, 11) is 0. The monoisotopic (exact) mass is 294 g/mol. The van der Waals surface area contributed by atoms with Gasteiger partial charge in [-0.1, -0.05) is 24.6 Å². The fourth-order valence-corrected chi connectivity index (χ4v) is 4.27. The molecular formula is C15H18O6. The molecule has 114 valence electrons. The summed E-state index contributed by atoms with van der Waals surface area (Å²) in [5.74, 6) is -2.95. The Morgan fingerprint density at radius 3 is 2.76 bits per heavy atom. The highest BCUT2D eigenvalue weighted by Gasteiger charge is 2.71. The SMILES string of the molecule is CC1=CC23[C@H](C=C(C(=O)O)[C@@H]2COC(=O)[C@]3(O)CO)[C@H]1C. The number of carbonyl (C=O) groups is 2. The molecule has 6 heteroatoms. The van der Waals surface area contributed by atoms with Gasteiger partial charge in [-0.3, -0.25) is 0 Å². The lowest BCUT2D eigenvalue weighted by atomic mass is 9.59. The quantitative estimate of drug-likeness (QED) is 0.493. The van der Waals surface area contributed by atoms with E-state index in [2.05, 4.69) is 0 Å². The molecule has 1 fully saturated rings. The Balaban J connectivity index is 2.23. The minimum Gasteiger partial charge on any atom is -0.478 e. The van der Waals surface area contributed by atoms with E-state index in [1.165, 1.54) is 0 Å². The van der Waals surface area contributed by atoms with E-state index in [1.807, 2.05) is 13.8 Å². The number of ether oxygens (including phenoxy) is 1. The van der Waals surface area contributed by atoms with Crippen LogP contribution in [0, 0.1) is 23.2 Å². The zero-order valence-electron chi connectivity index (χ0n) is 11.9. The van der Waals surface area contributed by atoms with E-state index in [-0.39, 0.29) is 24.0 Å². The fraction of sp³-hybridized carbons (Fsp3) is 0.600. The van der Waals surface area contributed by atoms with Crippen LogP contribution in [0.2, 0.25) is 0 Å². The van der Waals surface area contributed by atoms with Crippen LogP contribution in [0.4, 0.5) is 0 Å². The van der Waals surface area contributed by atoms with Gasteiger partial charge < -0.3 is 20.1 Å². The van der Waals surface area contributed by atoms with Crippen molar-refractivity contribution >= 4 is 11.9 Å². The van der Waals surface area contributed by atoms with Gasteiger partial charge in [0.2, 0.25) is 0 Å². The Hall–Kier alpha value is -1.66. The van der Waals surface area contributed by atoms with Gasteiger partial charge in [0.05, 0.1) is 13.2 Å². The summed E-state index contributed by atoms with van der Waals surface area (Å²) < 4.78 is 4.97. The van der Waals surface area contributed by atoms with E-state index in [4.69, 9.17) is 4.74 Å². The number of carboxylic acids is 1. The number of aliphatic hydroxyl groups excluding tert-OH is 1. The Morgan fingerprint density at radius 1 is 1.52 bits per heavy atom. The third-order valence-corrected chi connectivity index (χ3v) is 5.50. The van der Waals surface area contributed by atoms with Crippen molar-refractivity contribution in [1.82, 2.24) is 0 Å². The largest absolute Gasteiger partial charge is 0.478 e. The van der Waals surface area contributed by atoms with Crippen LogP contribution in [0.25, 0.3) is 0 Å². The molecule has 1 aliphatic heterocycles. The van der Waals surface area contributed by atoms with Crippen molar-refractivity contribution < 1.29 is 29.6 Å². The van der Waals surface area contributed by atoms with Crippen molar-refractivity contribution in [1.29, 1.82) is 0 Å². The third-order valence-electron chi connectivity index (χ3n) is 5.50. The van der Waals surface area contributed by atoms with Crippen LogP contribution in [-0.4, -0.2) is 46.1 Å². The predicted octanol–water partition coefficient (Wildman–Crippen LogP) is 0.106. The molecule has 3 rings (SSSR count). The standard InChI is InChI=1S/C15H18O6/c1-7-4-14-10(8(7)2)3-9(12(17)18)11(14)5-21-13(19)15(14,20)6-16/h3-4,8,10-11,16,20H,5-6H2,1-2H3,(H,17,18)/t8-,10+,11-,14?,15+/m0/s1. The number of allylic oxidation sites excluding steroid dienone is 2. The van der Waals surface area contributed by atoms with Crippen molar-refractivity contribution in [3.63, 3.8) is 0 Å². The number of esters is 1. The molecule has 21 heavy (non-hydrogen) atoms. The summed E-state index contributed by atoms with van der Waals surface area (Å²) in [6.45, 7) is 2.94. The highest BCUT2D eigenvalue weighted by atomic mass is 16.6. The van der Waals surface area contributed by atoms with Gasteiger partial charge in [0.1, 0.15) is 0 Å². The van der Waals surface area contributed by atoms with E-state index in [1.54, 1.807) is 12.2 Å². The summed E-state index contributed by atoms with van der Waals surface area (Å²) in [6.07, 6.45) is 3.39. The Kier molecular flexibility index (Phi) is 2.84. The topological polar surface area (TPSA) is 104 Å². The van der Waals surface area contributed by atoms with Crippen LogP contribution in [0.3, 0.4) is 0 Å². The zero-order valence-corrected chi connectivity index (χ0v) is 11.9. The Bertz CT molecular complexity index is 591. The number of rotatable bonds is 2. The average Bonchev–Trinajstić information content (AvgIpc) is 2.89. The van der Waals surface area contributed by atoms with Gasteiger partial charge in [-0.25, -0.2) is 9.59 Å². The second kappa shape index (κ2) is 4.18. The van der Waals surface area contributed by atoms with Gasteiger partial charge in [-0.2, -0.15) is 0 Å². The lowest BCUT2D eigenvalue weighted by Crippen LogP contribution is -2.65. The molecule has 6 nitrogen and oxygen atoms in total. The van der Waals surface area contributed by atoms with Gasteiger partial charge in [0, 0.05) is 16.9 Å². The lowest BCUT2D eigenvalue weighted by Gasteiger charge is -2.49. The minimum absolute atomic E-state index is 0.00618. The minimum atomic E-state index is -2.11. The molecule has 0 radical (unpaired) electrons. The number of hydrogen-bond donors (Lipinski definition) is 3. The number of cyclic esters (lactones) is 1. The summed E-state index contributed by atoms with van der Waals surface area (Å²) in [5.41, 5.74) is -2.11. The smallest absolute Gasteiger partial charge is 0.341 e. The maximum atomic E-state index is 12.1. The number of aliphatic hydroxyl groups is 2. The molecular weight excluding hydrogens is 276 g/mol. The van der Waals surface area contributed by atoms with Crippen LogP contribution in [0.15, 0.2) is 23.3 Å². The second-order valence-corrected chi connectivity index (χ2v) is 6.23. The van der Waals surface area contributed by atoms with Crippen LogP contribution in [0.5, 0.6) is 0 Å². The molecule has 0 aromatic rings. The highest BCUT2D eigenvalue weighted by Crippen LogP contribution is 2.63. The molecule has 3 N–H and O–H groups in total. The van der Waals surface area contributed by atoms with Crippen molar-refractivity contribution in [2.45, 2.75) is 19.4 Å². The number of carboxylic acid groups (broad SMARTS) is 1. The molecule has 0 amide bonds. The fourth-order valence-electron chi connectivity index (χ4n) is 4.27. The molecule has 0 bridgehead atoms. The third kappa shape index (κ3) is 1.44. The maximum absolute atomic E-state index is 12.1. The van der Waals surface area contributed by atoms with Crippen LogP contribution >= 0.6 is 0 Å². The molecule has 5 atom stereocenters. The first-order valence-corrected chi connectivity index (χ1v) is 6.94. The molecule has 1 saturated heterocycles. The van der Waals surface area contributed by atoms with Gasteiger partial charge in [-0.05, 0) is 18.8 Å². The van der Waals surface area contributed by atoms with Crippen LogP contribution in [-0.2, 0) is 14.3 Å². The van der Waals surface area contributed by atoms with E-state index in [0.717, 1.165) is 5.57 Å². The molecule has 0 aromatic carbocycles. The Morgan fingerprint density at radius 2 is 2.19 bits per heavy atom. The van der Waals surface area contributed by atoms with Crippen molar-refractivity contribution in [2.75, 3.05) is 13.2 Å². The number of hydrogen-bond acceptors (Lipinski definition) is 5. The maximum Gasteiger partial charge on any atom is 0.341 e. The number of carbonyl (C=O) groups excluding carboxylic acids is 1. The first kappa shape index (κ1) is 14.3. The van der Waals surface area contributed by atoms with Gasteiger partial charge in [0.15, 0.2) is 5.60 Å². The second-order valence-electron chi connectivity index (χ2n) is 6.23. The van der Waals surface area contributed by atoms with E-state index >= 15 is 0 Å². The molecule has 1 heterocycles. The van der Waals surface area contributed by atoms with Crippen molar-refractivity contribution in [2.24, 2.45) is 23.2 Å². The van der Waals surface area contributed by atoms with Crippen molar-refractivity contribution in [3.8, 4) is 0 Å². The molecule has 3 aliphatic rings. The molecule has 0 aromatic heterocycles. The predicted molar refractivity (Wildman–Crippen MR) is 71.0 cm³/mol. The highest BCUT2D eigenvalue weighted by molar-refractivity contribution is 5.91. The van der Waals surface area contributed by atoms with Crippen molar-refractivity contribution in [3.05, 3.63) is 23.3 Å². The summed E-state index contributed by atoms with van der Waals surface area (Å²) in [5, 5.41) is 29.9. The summed E-state index contributed by atoms with van der Waals surface area (Å²) >= 11 is 0. The average molecular weight is 294 g/mol. The van der Waals surface area contributed by atoms with Crippen LogP contribution < -0.4 is 0 Å². The Labute approximate surface area is 121 Å². The van der Waals surface area contributed by atoms with Gasteiger partial charge in [0.25, 0.3) is 0 Å². The zero-order chi connectivity index (χ0) is 15.6. The molecule has 2 aliphatic carbocycles. The van der Waals surface area contributed by atoms with Crippen LogP contribution in [0.1, 0.15) is 13.8 Å². The van der Waals surface area contributed by atoms with E-state index in [0.29, 0.717) is 0 Å².